The number of carbonyl (C=O) groups is 1. The van der Waals surface area contributed by atoms with Crippen molar-refractivity contribution >= 4 is 34.8 Å². The van der Waals surface area contributed by atoms with Crippen LogP contribution >= 0.6 is 23.2 Å². The number of halogens is 2. The third kappa shape index (κ3) is 3.61. The smallest absolute Gasteiger partial charge is 0.241 e. The van der Waals surface area contributed by atoms with Crippen molar-refractivity contribution in [3.05, 3.63) is 28.2 Å². The van der Waals surface area contributed by atoms with Crippen LogP contribution in [0, 0.1) is 0 Å². The molecule has 0 spiro atoms. The van der Waals surface area contributed by atoms with Crippen LogP contribution in [-0.2, 0) is 4.79 Å². The second kappa shape index (κ2) is 5.24. The van der Waals surface area contributed by atoms with Crippen molar-refractivity contribution in [3.63, 3.8) is 0 Å². The number of nitrogens with one attached hydrogen (secondary N) is 2. The monoisotopic (exact) mass is 246 g/mol. The Kier molecular flexibility index (Phi) is 4.24. The summed E-state index contributed by atoms with van der Waals surface area (Å²) in [6.07, 6.45) is 0. The van der Waals surface area contributed by atoms with Crippen molar-refractivity contribution in [2.75, 3.05) is 12.4 Å². The van der Waals surface area contributed by atoms with E-state index in [1.54, 1.807) is 32.2 Å². The highest BCUT2D eigenvalue weighted by Gasteiger charge is 2.10. The van der Waals surface area contributed by atoms with Gasteiger partial charge in [-0.2, -0.15) is 0 Å². The zero-order valence-corrected chi connectivity index (χ0v) is 9.99. The van der Waals surface area contributed by atoms with Crippen LogP contribution in [0.1, 0.15) is 6.92 Å². The van der Waals surface area contributed by atoms with Crippen molar-refractivity contribution in [2.45, 2.75) is 13.0 Å². The molecule has 82 valence electrons. The lowest BCUT2D eigenvalue weighted by Gasteiger charge is -2.13. The molecule has 0 radical (unpaired) electrons. The third-order valence-corrected chi connectivity index (χ3v) is 2.32. The number of rotatable bonds is 3. The van der Waals surface area contributed by atoms with Crippen LogP contribution in [0.25, 0.3) is 0 Å². The average molecular weight is 247 g/mol. The van der Waals surface area contributed by atoms with E-state index in [2.05, 4.69) is 10.6 Å². The van der Waals surface area contributed by atoms with Crippen molar-refractivity contribution in [1.82, 2.24) is 5.32 Å². The zero-order chi connectivity index (χ0) is 11.4. The van der Waals surface area contributed by atoms with Gasteiger partial charge in [-0.15, -0.1) is 0 Å². The molecule has 1 rings (SSSR count). The Morgan fingerprint density at radius 3 is 2.27 bits per heavy atom. The molecule has 15 heavy (non-hydrogen) atoms. The van der Waals surface area contributed by atoms with Gasteiger partial charge in [0.2, 0.25) is 5.91 Å². The van der Waals surface area contributed by atoms with Crippen LogP contribution in [-0.4, -0.2) is 19.0 Å². The number of anilines is 1. The van der Waals surface area contributed by atoms with Gasteiger partial charge in [0.15, 0.2) is 0 Å². The van der Waals surface area contributed by atoms with Gasteiger partial charge in [-0.1, -0.05) is 23.2 Å². The first kappa shape index (κ1) is 12.1. The number of benzene rings is 1. The van der Waals surface area contributed by atoms with Gasteiger partial charge in [0.25, 0.3) is 0 Å². The summed E-state index contributed by atoms with van der Waals surface area (Å²) in [4.78, 5) is 11.2. The number of likely N-dealkylation sites (N-methyl/N-ethyl adjacent to an activating group) is 1. The summed E-state index contributed by atoms with van der Waals surface area (Å²) in [6.45, 7) is 1.76. The van der Waals surface area contributed by atoms with Crippen molar-refractivity contribution < 1.29 is 4.79 Å². The van der Waals surface area contributed by atoms with E-state index in [4.69, 9.17) is 23.2 Å². The van der Waals surface area contributed by atoms with E-state index in [0.717, 1.165) is 5.69 Å². The summed E-state index contributed by atoms with van der Waals surface area (Å²) in [6, 6.07) is 4.74. The van der Waals surface area contributed by atoms with Gasteiger partial charge < -0.3 is 10.6 Å². The molecule has 0 aliphatic carbocycles. The highest BCUT2D eigenvalue weighted by atomic mass is 35.5. The molecule has 1 aromatic carbocycles. The molecule has 1 aromatic rings. The summed E-state index contributed by atoms with van der Waals surface area (Å²) < 4.78 is 0. The predicted molar refractivity (Wildman–Crippen MR) is 63.6 cm³/mol. The molecule has 0 aliphatic heterocycles. The molecule has 1 atom stereocenters. The quantitative estimate of drug-likeness (QED) is 0.861. The summed E-state index contributed by atoms with van der Waals surface area (Å²) in [7, 11) is 1.59. The van der Waals surface area contributed by atoms with E-state index >= 15 is 0 Å². The molecule has 0 saturated carbocycles. The molecule has 1 unspecified atom stereocenters. The zero-order valence-electron chi connectivity index (χ0n) is 8.47. The van der Waals surface area contributed by atoms with Crippen LogP contribution in [0.2, 0.25) is 10.0 Å². The van der Waals surface area contributed by atoms with Gasteiger partial charge in [0, 0.05) is 22.8 Å². The lowest BCUT2D eigenvalue weighted by Crippen LogP contribution is -2.35. The first-order valence-electron chi connectivity index (χ1n) is 4.47. The normalized spacial score (nSPS) is 12.0. The molecule has 5 heteroatoms. The topological polar surface area (TPSA) is 41.1 Å². The van der Waals surface area contributed by atoms with Gasteiger partial charge in [-0.05, 0) is 25.1 Å². The van der Waals surface area contributed by atoms with Gasteiger partial charge in [-0.25, -0.2) is 0 Å². The Balaban J connectivity index is 2.76. The lowest BCUT2D eigenvalue weighted by atomic mass is 10.2. The Labute approximate surface area is 98.8 Å². The maximum absolute atomic E-state index is 11.2. The highest BCUT2D eigenvalue weighted by molar-refractivity contribution is 6.35. The second-order valence-electron chi connectivity index (χ2n) is 3.14. The molecule has 0 saturated heterocycles. The van der Waals surface area contributed by atoms with E-state index < -0.39 is 0 Å². The minimum atomic E-state index is -0.329. The van der Waals surface area contributed by atoms with Gasteiger partial charge in [0.05, 0.1) is 0 Å². The highest BCUT2D eigenvalue weighted by Crippen LogP contribution is 2.22. The van der Waals surface area contributed by atoms with E-state index in [9.17, 15) is 4.79 Å². The van der Waals surface area contributed by atoms with Crippen LogP contribution in [0.5, 0.6) is 0 Å². The van der Waals surface area contributed by atoms with Crippen LogP contribution in [0.3, 0.4) is 0 Å². The maximum Gasteiger partial charge on any atom is 0.241 e. The summed E-state index contributed by atoms with van der Waals surface area (Å²) in [5.74, 6) is -0.0916. The molecule has 0 heterocycles. The Morgan fingerprint density at radius 2 is 1.80 bits per heavy atom. The summed E-state index contributed by atoms with van der Waals surface area (Å²) >= 11 is 11.6. The third-order valence-electron chi connectivity index (χ3n) is 1.89. The van der Waals surface area contributed by atoms with E-state index in [1.165, 1.54) is 0 Å². The molecule has 3 nitrogen and oxygen atoms in total. The first-order valence-corrected chi connectivity index (χ1v) is 5.22. The fourth-order valence-corrected chi connectivity index (χ4v) is 1.70. The molecule has 0 fully saturated rings. The summed E-state index contributed by atoms with van der Waals surface area (Å²) in [5, 5.41) is 6.61. The first-order chi connectivity index (χ1) is 7.02. The molecular formula is C10H12Cl2N2O. The van der Waals surface area contributed by atoms with Crippen molar-refractivity contribution in [3.8, 4) is 0 Å². The fourth-order valence-electron chi connectivity index (χ4n) is 1.17. The average Bonchev–Trinajstić information content (AvgIpc) is 2.14. The fraction of sp³-hybridized carbons (Fsp3) is 0.300. The Bertz CT molecular complexity index is 348. The molecule has 0 aromatic heterocycles. The van der Waals surface area contributed by atoms with Crippen LogP contribution in [0.4, 0.5) is 5.69 Å². The van der Waals surface area contributed by atoms with E-state index in [1.807, 2.05) is 0 Å². The van der Waals surface area contributed by atoms with E-state index in [0.29, 0.717) is 10.0 Å². The van der Waals surface area contributed by atoms with E-state index in [-0.39, 0.29) is 11.9 Å². The lowest BCUT2D eigenvalue weighted by molar-refractivity contribution is -0.121. The standard InChI is InChI=1S/C10H12Cl2N2O/c1-6(10(15)13-2)14-9-4-7(11)3-8(12)5-9/h3-6,14H,1-2H3,(H,13,15). The number of amides is 1. The molecule has 0 bridgehead atoms. The largest absolute Gasteiger partial charge is 0.374 e. The Hall–Kier alpha value is -0.930. The van der Waals surface area contributed by atoms with Crippen LogP contribution < -0.4 is 10.6 Å². The minimum Gasteiger partial charge on any atom is -0.374 e. The Morgan fingerprint density at radius 1 is 1.27 bits per heavy atom. The summed E-state index contributed by atoms with van der Waals surface area (Å²) in [5.41, 5.74) is 0.726. The number of carbonyl (C=O) groups excluding carboxylic acids is 1. The molecular weight excluding hydrogens is 235 g/mol. The molecule has 2 N–H and O–H groups in total. The maximum atomic E-state index is 11.2. The predicted octanol–water partition coefficient (Wildman–Crippen LogP) is 2.54. The SMILES string of the molecule is CNC(=O)C(C)Nc1cc(Cl)cc(Cl)c1. The second-order valence-corrected chi connectivity index (χ2v) is 4.01. The van der Waals surface area contributed by atoms with Crippen LogP contribution in [0.15, 0.2) is 18.2 Å². The van der Waals surface area contributed by atoms with Crippen molar-refractivity contribution in [2.24, 2.45) is 0 Å². The van der Waals surface area contributed by atoms with Gasteiger partial charge in [0.1, 0.15) is 6.04 Å². The number of hydrogen-bond acceptors (Lipinski definition) is 2. The molecule has 0 aliphatic rings. The minimum absolute atomic E-state index is 0.0916. The number of hydrogen-bond donors (Lipinski definition) is 2. The van der Waals surface area contributed by atoms with Gasteiger partial charge in [-0.3, -0.25) is 4.79 Å². The molecule has 1 amide bonds. The van der Waals surface area contributed by atoms with Crippen molar-refractivity contribution in [1.29, 1.82) is 0 Å². The van der Waals surface area contributed by atoms with Gasteiger partial charge >= 0.3 is 0 Å².